The summed E-state index contributed by atoms with van der Waals surface area (Å²) in [4.78, 5) is 42.6. The lowest BCUT2D eigenvalue weighted by Crippen LogP contribution is -2.62. The predicted molar refractivity (Wildman–Crippen MR) is 126 cm³/mol. The lowest BCUT2D eigenvalue weighted by Gasteiger charge is -2.45. The fourth-order valence-corrected chi connectivity index (χ4v) is 6.30. The Balaban J connectivity index is 1.43. The van der Waals surface area contributed by atoms with Crippen LogP contribution >= 0.6 is 11.8 Å². The molecule has 2 fully saturated rings. The largest absolute Gasteiger partial charge is 0.457 e. The zero-order valence-corrected chi connectivity index (χ0v) is 19.6. The topological polar surface area (TPSA) is 87.1 Å². The third-order valence-electron chi connectivity index (χ3n) is 6.53. The van der Waals surface area contributed by atoms with E-state index in [4.69, 9.17) is 4.74 Å². The number of rotatable bonds is 10. The number of carbonyl (C=O) groups is 3. The monoisotopic (exact) mass is 470 g/mol. The molecule has 1 aromatic carbocycles. The van der Waals surface area contributed by atoms with E-state index in [1.807, 2.05) is 37.3 Å². The summed E-state index contributed by atoms with van der Waals surface area (Å²) in [5, 5.41) is 10.5. The Morgan fingerprint density at radius 3 is 2.79 bits per heavy atom. The number of carbonyl (C=O) groups excluding carboxylic acids is 3. The zero-order valence-electron chi connectivity index (χ0n) is 18.8. The third-order valence-corrected chi connectivity index (χ3v) is 7.89. The fourth-order valence-electron chi connectivity index (χ4n) is 4.83. The van der Waals surface area contributed by atoms with Crippen LogP contribution in [-0.2, 0) is 14.3 Å². The second-order valence-electron chi connectivity index (χ2n) is 8.69. The molecule has 4 rings (SSSR count). The van der Waals surface area contributed by atoms with Gasteiger partial charge in [-0.2, -0.15) is 0 Å². The number of nitrogens with zero attached hydrogens (tertiary/aromatic N) is 2. The smallest absolute Gasteiger partial charge is 0.356 e. The maximum absolute atomic E-state index is 12.8. The van der Waals surface area contributed by atoms with Gasteiger partial charge in [-0.25, -0.2) is 4.79 Å². The van der Waals surface area contributed by atoms with Crippen molar-refractivity contribution in [1.82, 2.24) is 9.80 Å². The first kappa shape index (κ1) is 23.7. The predicted octanol–water partition coefficient (Wildman–Crippen LogP) is 2.62. The first-order chi connectivity index (χ1) is 15.9. The lowest BCUT2D eigenvalue weighted by molar-refractivity contribution is -0.162. The lowest BCUT2D eigenvalue weighted by atomic mass is 9.82. The molecule has 7 nitrogen and oxygen atoms in total. The summed E-state index contributed by atoms with van der Waals surface area (Å²) >= 11 is 1.61. The fraction of sp³-hybridized carbons (Fsp3) is 0.480. The number of aliphatic hydroxyl groups excluding tert-OH is 1. The summed E-state index contributed by atoms with van der Waals surface area (Å²) in [5.41, 5.74) is 1.03. The number of aliphatic hydroxyl groups is 1. The van der Waals surface area contributed by atoms with Gasteiger partial charge in [-0.3, -0.25) is 14.5 Å². The summed E-state index contributed by atoms with van der Waals surface area (Å²) in [7, 11) is 0. The van der Waals surface area contributed by atoms with Gasteiger partial charge in [-0.15, -0.1) is 11.8 Å². The van der Waals surface area contributed by atoms with Gasteiger partial charge in [0.2, 0.25) is 5.91 Å². The Hall–Kier alpha value is -2.42. The summed E-state index contributed by atoms with van der Waals surface area (Å²) in [5.74, 6) is -1.11. The maximum atomic E-state index is 12.8. The van der Waals surface area contributed by atoms with Crippen molar-refractivity contribution in [3.8, 4) is 0 Å². The SMILES string of the molecule is C=CCOC(=O)C1=C(SC2CCN(CC(=O)c3ccccc3)C2)C[C@@H]2[C@H](C(O)CC)C(=O)N12. The van der Waals surface area contributed by atoms with E-state index in [0.29, 0.717) is 30.6 Å². The summed E-state index contributed by atoms with van der Waals surface area (Å²) < 4.78 is 5.28. The van der Waals surface area contributed by atoms with E-state index < -0.39 is 18.0 Å². The molecule has 2 unspecified atom stereocenters. The third kappa shape index (κ3) is 4.78. The summed E-state index contributed by atoms with van der Waals surface area (Å²) in [6.07, 6.45) is 2.73. The van der Waals surface area contributed by atoms with Crippen LogP contribution in [0.4, 0.5) is 0 Å². The van der Waals surface area contributed by atoms with Crippen molar-refractivity contribution in [3.63, 3.8) is 0 Å². The number of thioether (sulfide) groups is 1. The number of esters is 1. The van der Waals surface area contributed by atoms with Crippen molar-refractivity contribution in [2.45, 2.75) is 43.6 Å². The van der Waals surface area contributed by atoms with Crippen LogP contribution in [0.5, 0.6) is 0 Å². The zero-order chi connectivity index (χ0) is 23.5. The minimum Gasteiger partial charge on any atom is -0.457 e. The van der Waals surface area contributed by atoms with Crippen molar-refractivity contribution >= 4 is 29.4 Å². The molecular formula is C25H30N2O5S. The molecule has 3 heterocycles. The van der Waals surface area contributed by atoms with Crippen LogP contribution in [0.3, 0.4) is 0 Å². The molecule has 4 atom stereocenters. The molecule has 2 saturated heterocycles. The maximum Gasteiger partial charge on any atom is 0.356 e. The number of ether oxygens (including phenoxy) is 1. The van der Waals surface area contributed by atoms with E-state index in [0.717, 1.165) is 24.4 Å². The Morgan fingerprint density at radius 1 is 1.33 bits per heavy atom. The first-order valence-corrected chi connectivity index (χ1v) is 12.3. The van der Waals surface area contributed by atoms with Crippen LogP contribution in [0.1, 0.15) is 36.5 Å². The van der Waals surface area contributed by atoms with Gasteiger partial charge in [0.25, 0.3) is 0 Å². The van der Waals surface area contributed by atoms with Gasteiger partial charge in [-0.05, 0) is 19.4 Å². The van der Waals surface area contributed by atoms with E-state index >= 15 is 0 Å². The van der Waals surface area contributed by atoms with E-state index in [1.165, 1.54) is 11.0 Å². The van der Waals surface area contributed by atoms with E-state index in [9.17, 15) is 19.5 Å². The van der Waals surface area contributed by atoms with Crippen molar-refractivity contribution in [2.75, 3.05) is 26.2 Å². The van der Waals surface area contributed by atoms with Gasteiger partial charge in [-0.1, -0.05) is 49.9 Å². The van der Waals surface area contributed by atoms with Crippen LogP contribution in [0.15, 0.2) is 53.6 Å². The van der Waals surface area contributed by atoms with Crippen LogP contribution in [0.2, 0.25) is 0 Å². The molecule has 8 heteroatoms. The molecule has 3 aliphatic rings. The molecule has 1 N–H and O–H groups in total. The van der Waals surface area contributed by atoms with Crippen molar-refractivity contribution in [2.24, 2.45) is 5.92 Å². The average Bonchev–Trinajstić information content (AvgIpc) is 3.40. The Bertz CT molecular complexity index is 963. The van der Waals surface area contributed by atoms with Gasteiger partial charge in [0, 0.05) is 28.7 Å². The number of fused-ring (bicyclic) bond motifs is 1. The minimum absolute atomic E-state index is 0.0762. The van der Waals surface area contributed by atoms with Crippen LogP contribution < -0.4 is 0 Å². The molecule has 1 aromatic rings. The molecule has 1 amide bonds. The molecule has 0 saturated carbocycles. The minimum atomic E-state index is -0.709. The van der Waals surface area contributed by atoms with E-state index in [1.54, 1.807) is 11.8 Å². The summed E-state index contributed by atoms with van der Waals surface area (Å²) in [6, 6.07) is 9.09. The molecule has 3 aliphatic heterocycles. The second-order valence-corrected chi connectivity index (χ2v) is 10.1. The Kier molecular flexibility index (Phi) is 7.36. The number of hydrogen-bond acceptors (Lipinski definition) is 7. The number of benzene rings is 1. The average molecular weight is 471 g/mol. The van der Waals surface area contributed by atoms with Crippen molar-refractivity contribution in [1.29, 1.82) is 0 Å². The molecule has 0 bridgehead atoms. The molecule has 0 aliphatic carbocycles. The standard InChI is InChI=1S/C25H30N2O5S/c1-3-12-32-25(31)23-21(13-18-22(19(28)4-2)24(30)27(18)23)33-17-10-11-26(14-17)15-20(29)16-8-6-5-7-9-16/h3,5-9,17-19,22,28H,1,4,10-15H2,2H3/t17?,18-,19?,22-/m1/s1. The van der Waals surface area contributed by atoms with Crippen molar-refractivity contribution < 1.29 is 24.2 Å². The van der Waals surface area contributed by atoms with Gasteiger partial charge in [0.15, 0.2) is 5.78 Å². The highest BCUT2D eigenvalue weighted by Gasteiger charge is 2.57. The highest BCUT2D eigenvalue weighted by Crippen LogP contribution is 2.49. The number of amides is 1. The number of ketones is 1. The quantitative estimate of drug-likeness (QED) is 0.243. The normalized spacial score (nSPS) is 25.6. The van der Waals surface area contributed by atoms with Gasteiger partial charge >= 0.3 is 5.97 Å². The van der Waals surface area contributed by atoms with Crippen LogP contribution in [0.25, 0.3) is 0 Å². The van der Waals surface area contributed by atoms with Gasteiger partial charge in [0.1, 0.15) is 12.3 Å². The van der Waals surface area contributed by atoms with E-state index in [2.05, 4.69) is 11.5 Å². The second kappa shape index (κ2) is 10.2. The van der Waals surface area contributed by atoms with Gasteiger partial charge in [0.05, 0.1) is 24.6 Å². The highest BCUT2D eigenvalue weighted by atomic mass is 32.2. The van der Waals surface area contributed by atoms with Crippen LogP contribution in [-0.4, -0.2) is 76.2 Å². The molecule has 176 valence electrons. The number of Topliss-reactive ketones (excluding diaryl/α,β-unsaturated/α-hetero) is 1. The Morgan fingerprint density at radius 2 is 2.09 bits per heavy atom. The number of β-lactam (4-membered cyclic amide) rings is 1. The highest BCUT2D eigenvalue weighted by molar-refractivity contribution is 8.03. The molecule has 0 aromatic heterocycles. The number of hydrogen-bond donors (Lipinski definition) is 1. The molecular weight excluding hydrogens is 440 g/mol. The van der Waals surface area contributed by atoms with Crippen LogP contribution in [0, 0.1) is 5.92 Å². The molecule has 0 spiro atoms. The molecule has 33 heavy (non-hydrogen) atoms. The first-order valence-electron chi connectivity index (χ1n) is 11.4. The Labute approximate surface area is 198 Å². The number of likely N-dealkylation sites (tertiary alicyclic amines) is 1. The van der Waals surface area contributed by atoms with E-state index in [-0.39, 0.29) is 29.6 Å². The molecule has 0 radical (unpaired) electrons. The van der Waals surface area contributed by atoms with Crippen molar-refractivity contribution in [3.05, 3.63) is 59.2 Å². The summed E-state index contributed by atoms with van der Waals surface area (Å²) in [6.45, 7) is 7.42. The van der Waals surface area contributed by atoms with Gasteiger partial charge < -0.3 is 14.7 Å².